The van der Waals surface area contributed by atoms with Gasteiger partial charge in [0, 0.05) is 27.7 Å². The van der Waals surface area contributed by atoms with Crippen LogP contribution in [0.1, 0.15) is 30.9 Å². The lowest BCUT2D eigenvalue weighted by molar-refractivity contribution is 0.510. The second-order valence-electron chi connectivity index (χ2n) is 7.72. The summed E-state index contributed by atoms with van der Waals surface area (Å²) in [6.45, 7) is 2.29. The van der Waals surface area contributed by atoms with Gasteiger partial charge < -0.3 is 4.57 Å². The zero-order chi connectivity index (χ0) is 18.4. The third-order valence-corrected chi connectivity index (χ3v) is 5.94. The monoisotopic (exact) mass is 347 g/mol. The lowest BCUT2D eigenvalue weighted by Gasteiger charge is -2.24. The van der Waals surface area contributed by atoms with Gasteiger partial charge in [0.1, 0.15) is 7.85 Å². The molecule has 0 saturated carbocycles. The van der Waals surface area contributed by atoms with Crippen LogP contribution < -0.4 is 0 Å². The van der Waals surface area contributed by atoms with Crippen molar-refractivity contribution < 1.29 is 0 Å². The highest BCUT2D eigenvalue weighted by Gasteiger charge is 2.22. The molecule has 0 saturated heterocycles. The van der Waals surface area contributed by atoms with E-state index in [1.807, 2.05) is 6.08 Å². The Bertz CT molecular complexity index is 1140. The maximum Gasteiger partial charge on any atom is 0.107 e. The Labute approximate surface area is 161 Å². The number of para-hydroxylation sites is 1. The molecule has 3 atom stereocenters. The van der Waals surface area contributed by atoms with Crippen molar-refractivity contribution in [3.05, 3.63) is 96.0 Å². The zero-order valence-corrected chi connectivity index (χ0v) is 15.5. The molecule has 2 radical (unpaired) electrons. The number of hydrogen-bond donors (Lipinski definition) is 0. The zero-order valence-electron chi connectivity index (χ0n) is 15.5. The Morgan fingerprint density at radius 1 is 0.889 bits per heavy atom. The van der Waals surface area contributed by atoms with Crippen LogP contribution in [0, 0.1) is 5.92 Å². The van der Waals surface area contributed by atoms with Gasteiger partial charge in [-0.25, -0.2) is 0 Å². The van der Waals surface area contributed by atoms with Crippen molar-refractivity contribution in [3.8, 4) is 0 Å². The summed E-state index contributed by atoms with van der Waals surface area (Å²) in [6, 6.07) is 16.1. The van der Waals surface area contributed by atoms with Crippen LogP contribution >= 0.6 is 0 Å². The fourth-order valence-corrected chi connectivity index (χ4v) is 4.53. The first-order valence-corrected chi connectivity index (χ1v) is 9.73. The predicted molar refractivity (Wildman–Crippen MR) is 116 cm³/mol. The summed E-state index contributed by atoms with van der Waals surface area (Å²) in [5.41, 5.74) is 4.91. The highest BCUT2D eigenvalue weighted by Crippen LogP contribution is 2.38. The molecule has 1 heterocycles. The molecule has 2 heteroatoms. The van der Waals surface area contributed by atoms with E-state index < -0.39 is 0 Å². The molecular formula is C25H22BN. The minimum atomic E-state index is 0.344. The first-order valence-electron chi connectivity index (χ1n) is 9.73. The number of rotatable bonds is 2. The van der Waals surface area contributed by atoms with Crippen LogP contribution in [0.25, 0.3) is 21.8 Å². The lowest BCUT2D eigenvalue weighted by Crippen LogP contribution is -2.15. The molecule has 3 aromatic rings. The molecular weight excluding hydrogens is 325 g/mol. The molecule has 0 N–H and O–H groups in total. The van der Waals surface area contributed by atoms with Gasteiger partial charge in [-0.3, -0.25) is 0 Å². The van der Waals surface area contributed by atoms with Crippen molar-refractivity contribution >= 4 is 29.7 Å². The first-order chi connectivity index (χ1) is 13.2. The molecule has 1 aromatic heterocycles. The van der Waals surface area contributed by atoms with Crippen molar-refractivity contribution in [3.63, 3.8) is 0 Å². The third kappa shape index (κ3) is 2.71. The number of hydrogen-bond acceptors (Lipinski definition) is 0. The fraction of sp³-hybridized carbons (Fsp3) is 0.200. The third-order valence-electron chi connectivity index (χ3n) is 5.94. The SMILES string of the molecule is [B]C1=CC=CC(c2ccc3c(c2)c2ccccc2n3C2C=CC=CC2C)C1. The van der Waals surface area contributed by atoms with Gasteiger partial charge in [0.05, 0.1) is 6.04 Å². The van der Waals surface area contributed by atoms with E-state index >= 15 is 0 Å². The van der Waals surface area contributed by atoms with E-state index in [0.29, 0.717) is 17.9 Å². The number of aromatic nitrogens is 1. The van der Waals surface area contributed by atoms with Crippen molar-refractivity contribution in [2.75, 3.05) is 0 Å². The minimum Gasteiger partial charge on any atom is -0.333 e. The largest absolute Gasteiger partial charge is 0.333 e. The molecule has 3 unspecified atom stereocenters. The van der Waals surface area contributed by atoms with Gasteiger partial charge in [-0.05, 0) is 36.1 Å². The predicted octanol–water partition coefficient (Wildman–Crippen LogP) is 6.19. The molecule has 27 heavy (non-hydrogen) atoms. The van der Waals surface area contributed by atoms with Gasteiger partial charge in [0.25, 0.3) is 0 Å². The molecule has 130 valence electrons. The standard InChI is InChI=1S/C25H22BN/c1-17-7-2-4-11-23(17)27-24-12-5-3-10-21(24)22-16-19(13-14-25(22)27)18-8-6-9-20(26)15-18/h2-14,16-18,23H,15H2,1H3. The van der Waals surface area contributed by atoms with Gasteiger partial charge in [0.15, 0.2) is 0 Å². The summed E-state index contributed by atoms with van der Waals surface area (Å²) in [6.07, 6.45) is 16.2. The molecule has 2 aliphatic rings. The van der Waals surface area contributed by atoms with Crippen molar-refractivity contribution in [1.82, 2.24) is 4.57 Å². The number of benzene rings is 2. The van der Waals surface area contributed by atoms with Crippen LogP contribution in [0.2, 0.25) is 0 Å². The van der Waals surface area contributed by atoms with Crippen molar-refractivity contribution in [1.29, 1.82) is 0 Å². The Kier molecular flexibility index (Phi) is 3.93. The van der Waals surface area contributed by atoms with Crippen molar-refractivity contribution in [2.45, 2.75) is 25.3 Å². The topological polar surface area (TPSA) is 4.93 Å². The quantitative estimate of drug-likeness (QED) is 0.487. The number of allylic oxidation sites excluding steroid dienone is 8. The summed E-state index contributed by atoms with van der Waals surface area (Å²) < 4.78 is 2.50. The minimum absolute atomic E-state index is 0.344. The molecule has 0 fully saturated rings. The molecule has 2 aromatic carbocycles. The number of nitrogens with zero attached hydrogens (tertiary/aromatic N) is 1. The fourth-order valence-electron chi connectivity index (χ4n) is 4.53. The smallest absolute Gasteiger partial charge is 0.107 e. The van der Waals surface area contributed by atoms with Crippen LogP contribution in [-0.2, 0) is 0 Å². The van der Waals surface area contributed by atoms with Crippen LogP contribution in [0.15, 0.2) is 90.5 Å². The van der Waals surface area contributed by atoms with E-state index in [1.165, 1.54) is 27.4 Å². The molecule has 0 spiro atoms. The molecule has 1 nitrogen and oxygen atoms in total. The summed E-state index contributed by atoms with van der Waals surface area (Å²) in [7, 11) is 6.07. The Balaban J connectivity index is 1.71. The second kappa shape index (κ2) is 6.46. The van der Waals surface area contributed by atoms with Crippen LogP contribution in [0.3, 0.4) is 0 Å². The molecule has 0 amide bonds. The van der Waals surface area contributed by atoms with E-state index in [1.54, 1.807) is 0 Å². The van der Waals surface area contributed by atoms with Crippen LogP contribution in [0.5, 0.6) is 0 Å². The van der Waals surface area contributed by atoms with E-state index in [-0.39, 0.29) is 0 Å². The van der Waals surface area contributed by atoms with Gasteiger partial charge >= 0.3 is 0 Å². The summed E-state index contributed by atoms with van der Waals surface area (Å²) in [4.78, 5) is 0. The summed E-state index contributed by atoms with van der Waals surface area (Å²) in [5, 5.41) is 2.66. The Morgan fingerprint density at radius 2 is 1.70 bits per heavy atom. The van der Waals surface area contributed by atoms with Gasteiger partial charge in [-0.15, -0.1) is 5.47 Å². The van der Waals surface area contributed by atoms with E-state index in [0.717, 1.165) is 11.9 Å². The van der Waals surface area contributed by atoms with Crippen LogP contribution in [-0.4, -0.2) is 12.4 Å². The maximum absolute atomic E-state index is 6.07. The summed E-state index contributed by atoms with van der Waals surface area (Å²) in [5.74, 6) is 0.831. The molecule has 0 aliphatic heterocycles. The van der Waals surface area contributed by atoms with Gasteiger partial charge in [-0.2, -0.15) is 0 Å². The maximum atomic E-state index is 6.07. The highest BCUT2D eigenvalue weighted by molar-refractivity contribution is 6.21. The normalized spacial score (nSPS) is 24.6. The average molecular weight is 347 g/mol. The van der Waals surface area contributed by atoms with Gasteiger partial charge in [-0.1, -0.05) is 73.7 Å². The van der Waals surface area contributed by atoms with Crippen molar-refractivity contribution in [2.24, 2.45) is 5.92 Å². The molecule has 2 aliphatic carbocycles. The Morgan fingerprint density at radius 3 is 2.56 bits per heavy atom. The summed E-state index contributed by atoms with van der Waals surface area (Å²) >= 11 is 0. The van der Waals surface area contributed by atoms with E-state index in [4.69, 9.17) is 7.85 Å². The first kappa shape index (κ1) is 16.4. The lowest BCUT2D eigenvalue weighted by atomic mass is 9.80. The van der Waals surface area contributed by atoms with E-state index in [9.17, 15) is 0 Å². The average Bonchev–Trinajstić information content (AvgIpc) is 3.02. The molecule has 5 rings (SSSR count). The second-order valence-corrected chi connectivity index (χ2v) is 7.72. The number of fused-ring (bicyclic) bond motifs is 3. The molecule has 0 bridgehead atoms. The van der Waals surface area contributed by atoms with Crippen LogP contribution in [0.4, 0.5) is 0 Å². The van der Waals surface area contributed by atoms with E-state index in [2.05, 4.69) is 90.4 Å². The highest BCUT2D eigenvalue weighted by atomic mass is 15.0. The Hall–Kier alpha value is -2.74. The van der Waals surface area contributed by atoms with Gasteiger partial charge in [0.2, 0.25) is 0 Å².